The molecule has 54 valence electrons. The van der Waals surface area contributed by atoms with Crippen molar-refractivity contribution in [3.8, 4) is 0 Å². The van der Waals surface area contributed by atoms with Crippen LogP contribution in [0.1, 0.15) is 0 Å². The van der Waals surface area contributed by atoms with E-state index in [1.807, 2.05) is 14.1 Å². The lowest BCUT2D eigenvalue weighted by atomic mass is 10.9. The summed E-state index contributed by atoms with van der Waals surface area (Å²) < 4.78 is 0. The Hall–Kier alpha value is -1.46. The van der Waals surface area contributed by atoms with Crippen LogP contribution in [0.5, 0.6) is 0 Å². The maximum atomic E-state index is 3.85. The monoisotopic (exact) mass is 140 g/mol. The fourth-order valence-electron chi connectivity index (χ4n) is 0.378. The fourth-order valence-corrected chi connectivity index (χ4v) is 0.378. The number of aromatic nitrogens is 4. The Morgan fingerprint density at radius 3 is 2.90 bits per heavy atom. The highest BCUT2D eigenvalue weighted by atomic mass is 15.5. The van der Waals surface area contributed by atoms with Gasteiger partial charge in [-0.1, -0.05) is 5.10 Å². The van der Waals surface area contributed by atoms with Gasteiger partial charge in [-0.15, -0.1) is 5.10 Å². The summed E-state index contributed by atoms with van der Waals surface area (Å²) in [5, 5.41) is 12.9. The Bertz CT molecular complexity index is 200. The van der Waals surface area contributed by atoms with Gasteiger partial charge in [0.15, 0.2) is 0 Å². The number of hydrogen-bond acceptors (Lipinski definition) is 4. The summed E-state index contributed by atoms with van der Waals surface area (Å²) in [6, 6.07) is 0. The Morgan fingerprint density at radius 1 is 1.60 bits per heavy atom. The molecule has 0 saturated carbocycles. The summed E-state index contributed by atoms with van der Waals surface area (Å²) in [4.78, 5) is 5.64. The van der Waals surface area contributed by atoms with Crippen LogP contribution in [0.4, 0.5) is 5.95 Å². The van der Waals surface area contributed by atoms with Gasteiger partial charge < -0.3 is 4.90 Å². The lowest BCUT2D eigenvalue weighted by molar-refractivity contribution is 0.642. The molecule has 0 fully saturated rings. The summed E-state index contributed by atoms with van der Waals surface area (Å²) >= 11 is 0. The van der Waals surface area contributed by atoms with Crippen LogP contribution in [-0.4, -0.2) is 46.0 Å². The zero-order valence-electron chi connectivity index (χ0n) is 5.81. The highest BCUT2D eigenvalue weighted by Gasteiger charge is 1.89. The molecule has 0 saturated heterocycles. The van der Waals surface area contributed by atoms with E-state index >= 15 is 0 Å². The third kappa shape index (κ3) is 1.81. The zero-order valence-corrected chi connectivity index (χ0v) is 5.81. The average molecular weight is 140 g/mol. The minimum atomic E-state index is 0.341. The van der Waals surface area contributed by atoms with Gasteiger partial charge in [0.05, 0.1) is 6.34 Å². The van der Waals surface area contributed by atoms with Gasteiger partial charge in [0, 0.05) is 14.1 Å². The number of H-pyrrole nitrogens is 1. The number of tetrazole rings is 1. The van der Waals surface area contributed by atoms with Gasteiger partial charge >= 0.3 is 0 Å². The highest BCUT2D eigenvalue weighted by molar-refractivity contribution is 5.57. The quantitative estimate of drug-likeness (QED) is 0.440. The molecule has 1 rings (SSSR count). The van der Waals surface area contributed by atoms with Crippen LogP contribution in [0.2, 0.25) is 0 Å². The minimum absolute atomic E-state index is 0.341. The van der Waals surface area contributed by atoms with E-state index in [0.29, 0.717) is 5.95 Å². The van der Waals surface area contributed by atoms with Crippen molar-refractivity contribution in [2.24, 2.45) is 4.99 Å². The molecule has 10 heavy (non-hydrogen) atoms. The number of rotatable bonds is 2. The van der Waals surface area contributed by atoms with Crippen LogP contribution in [0.3, 0.4) is 0 Å². The molecule has 0 aliphatic heterocycles. The van der Waals surface area contributed by atoms with E-state index in [1.165, 1.54) is 0 Å². The molecular formula is C4H8N6. The van der Waals surface area contributed by atoms with Crippen molar-refractivity contribution >= 4 is 12.3 Å². The van der Waals surface area contributed by atoms with E-state index in [1.54, 1.807) is 11.2 Å². The van der Waals surface area contributed by atoms with E-state index in [9.17, 15) is 0 Å². The van der Waals surface area contributed by atoms with Crippen molar-refractivity contribution in [1.29, 1.82) is 0 Å². The molecule has 1 aromatic rings. The van der Waals surface area contributed by atoms with E-state index in [4.69, 9.17) is 0 Å². The summed E-state index contributed by atoms with van der Waals surface area (Å²) in [6.45, 7) is 0. The summed E-state index contributed by atoms with van der Waals surface area (Å²) in [6.07, 6.45) is 1.60. The molecule has 6 nitrogen and oxygen atoms in total. The topological polar surface area (TPSA) is 70.1 Å². The molecule has 0 spiro atoms. The smallest absolute Gasteiger partial charge is 0.290 e. The molecule has 0 aliphatic rings. The average Bonchev–Trinajstić information content (AvgIpc) is 2.34. The largest absolute Gasteiger partial charge is 0.369 e. The second-order valence-electron chi connectivity index (χ2n) is 1.92. The lowest BCUT2D eigenvalue weighted by Gasteiger charge is -1.99. The van der Waals surface area contributed by atoms with Crippen LogP contribution >= 0.6 is 0 Å². The highest BCUT2D eigenvalue weighted by Crippen LogP contribution is 1.93. The number of nitrogens with one attached hydrogen (secondary N) is 1. The third-order valence-electron chi connectivity index (χ3n) is 0.738. The molecule has 6 heteroatoms. The number of nitrogens with zero attached hydrogens (tertiary/aromatic N) is 5. The molecule has 0 aromatic carbocycles. The Kier molecular flexibility index (Phi) is 1.93. The van der Waals surface area contributed by atoms with E-state index < -0.39 is 0 Å². The van der Waals surface area contributed by atoms with E-state index in [-0.39, 0.29) is 0 Å². The van der Waals surface area contributed by atoms with E-state index in [0.717, 1.165) is 0 Å². The Balaban J connectivity index is 2.55. The molecular weight excluding hydrogens is 132 g/mol. The number of aliphatic imine (C=N–C) groups is 1. The van der Waals surface area contributed by atoms with Gasteiger partial charge in [-0.05, 0) is 5.21 Å². The van der Waals surface area contributed by atoms with Crippen LogP contribution in [-0.2, 0) is 0 Å². The first-order valence-electron chi connectivity index (χ1n) is 2.73. The molecule has 1 heterocycles. The molecule has 0 bridgehead atoms. The third-order valence-corrected chi connectivity index (χ3v) is 0.738. The molecule has 0 atom stereocenters. The van der Waals surface area contributed by atoms with Gasteiger partial charge in [0.1, 0.15) is 0 Å². The van der Waals surface area contributed by atoms with Crippen LogP contribution in [0, 0.1) is 0 Å². The predicted octanol–water partition coefficient (Wildman–Crippen LogP) is -0.579. The number of aromatic amines is 1. The van der Waals surface area contributed by atoms with Crippen LogP contribution in [0.15, 0.2) is 4.99 Å². The van der Waals surface area contributed by atoms with Gasteiger partial charge in [0.2, 0.25) is 0 Å². The first-order chi connectivity index (χ1) is 4.79. The van der Waals surface area contributed by atoms with Crippen molar-refractivity contribution in [2.75, 3.05) is 14.1 Å². The second-order valence-corrected chi connectivity index (χ2v) is 1.92. The van der Waals surface area contributed by atoms with Crippen molar-refractivity contribution in [2.45, 2.75) is 0 Å². The fraction of sp³-hybridized carbons (Fsp3) is 0.500. The first-order valence-corrected chi connectivity index (χ1v) is 2.73. The summed E-state index contributed by atoms with van der Waals surface area (Å²) in [5.41, 5.74) is 0. The van der Waals surface area contributed by atoms with Crippen molar-refractivity contribution in [3.05, 3.63) is 0 Å². The Morgan fingerprint density at radius 2 is 2.40 bits per heavy atom. The van der Waals surface area contributed by atoms with Gasteiger partial charge in [-0.3, -0.25) is 0 Å². The van der Waals surface area contributed by atoms with Gasteiger partial charge in [0.25, 0.3) is 5.95 Å². The normalized spacial score (nSPS) is 10.6. The molecule has 1 N–H and O–H groups in total. The SMILES string of the molecule is CN(C)/C=N/c1nn[nH]n1. The molecule has 1 aromatic heterocycles. The van der Waals surface area contributed by atoms with Crippen LogP contribution in [0.25, 0.3) is 0 Å². The van der Waals surface area contributed by atoms with Crippen molar-refractivity contribution in [3.63, 3.8) is 0 Å². The first kappa shape index (κ1) is 6.66. The lowest BCUT2D eigenvalue weighted by Crippen LogP contribution is -2.07. The number of hydrogen-bond donors (Lipinski definition) is 1. The zero-order chi connectivity index (χ0) is 7.40. The molecule has 0 radical (unpaired) electrons. The van der Waals surface area contributed by atoms with Crippen LogP contribution < -0.4 is 0 Å². The second kappa shape index (κ2) is 2.90. The summed E-state index contributed by atoms with van der Waals surface area (Å²) in [5.74, 6) is 0.341. The van der Waals surface area contributed by atoms with Gasteiger partial charge in [-0.25, -0.2) is 0 Å². The van der Waals surface area contributed by atoms with Crippen molar-refractivity contribution in [1.82, 2.24) is 25.5 Å². The van der Waals surface area contributed by atoms with E-state index in [2.05, 4.69) is 25.6 Å². The predicted molar refractivity (Wildman–Crippen MR) is 36.0 cm³/mol. The molecule has 0 unspecified atom stereocenters. The maximum Gasteiger partial charge on any atom is 0.290 e. The Labute approximate surface area is 58.0 Å². The molecule has 0 amide bonds. The van der Waals surface area contributed by atoms with Gasteiger partial charge in [-0.2, -0.15) is 10.2 Å². The summed E-state index contributed by atoms with van der Waals surface area (Å²) in [7, 11) is 3.73. The minimum Gasteiger partial charge on any atom is -0.369 e. The maximum absolute atomic E-state index is 3.85. The molecule has 0 aliphatic carbocycles. The van der Waals surface area contributed by atoms with Crippen molar-refractivity contribution < 1.29 is 0 Å². The standard InChI is InChI=1S/C4H8N6/c1-10(2)3-5-4-6-8-9-7-4/h3H,1-2H3,(H,6,7,8,9)/b5-3+.